The number of aromatic nitrogens is 1. The van der Waals surface area contributed by atoms with Crippen LogP contribution in [-0.2, 0) is 6.54 Å². The van der Waals surface area contributed by atoms with Crippen LogP contribution in [0.15, 0.2) is 30.4 Å². The van der Waals surface area contributed by atoms with Gasteiger partial charge in [0.15, 0.2) is 0 Å². The van der Waals surface area contributed by atoms with Crippen molar-refractivity contribution < 1.29 is 9.18 Å². The van der Waals surface area contributed by atoms with Gasteiger partial charge in [0.1, 0.15) is 0 Å². The first-order valence-electron chi connectivity index (χ1n) is 4.11. The van der Waals surface area contributed by atoms with Gasteiger partial charge in [-0.05, 0) is 11.6 Å². The molecular formula is C9H12FN3O. The Balaban J connectivity index is 2.73. The van der Waals surface area contributed by atoms with E-state index in [0.717, 1.165) is 0 Å². The van der Waals surface area contributed by atoms with E-state index in [4.69, 9.17) is 11.5 Å². The quantitative estimate of drug-likeness (QED) is 0.733. The zero-order valence-corrected chi connectivity index (χ0v) is 7.61. The van der Waals surface area contributed by atoms with Gasteiger partial charge in [0.2, 0.25) is 5.91 Å². The summed E-state index contributed by atoms with van der Waals surface area (Å²) < 4.78 is 13.8. The maximum atomic E-state index is 12.2. The van der Waals surface area contributed by atoms with Gasteiger partial charge >= 0.3 is 0 Å². The second-order valence-electron chi connectivity index (χ2n) is 2.91. The summed E-state index contributed by atoms with van der Waals surface area (Å²) in [6.45, 7) is 0.487. The molecule has 0 aliphatic heterocycles. The highest BCUT2D eigenvalue weighted by molar-refractivity contribution is 5.92. The average Bonchev–Trinajstić information content (AvgIpc) is 2.62. The summed E-state index contributed by atoms with van der Waals surface area (Å²) in [6.07, 6.45) is 3.69. The first kappa shape index (κ1) is 10.5. The molecule has 0 saturated heterocycles. The lowest BCUT2D eigenvalue weighted by Crippen LogP contribution is -2.11. The second kappa shape index (κ2) is 4.57. The van der Waals surface area contributed by atoms with E-state index in [1.165, 1.54) is 0 Å². The number of carbonyl (C=O) groups is 1. The Morgan fingerprint density at radius 2 is 2.36 bits per heavy atom. The van der Waals surface area contributed by atoms with Crippen LogP contribution >= 0.6 is 0 Å². The van der Waals surface area contributed by atoms with Crippen molar-refractivity contribution >= 4 is 5.91 Å². The van der Waals surface area contributed by atoms with E-state index in [0.29, 0.717) is 24.0 Å². The number of rotatable bonds is 4. The van der Waals surface area contributed by atoms with E-state index < -0.39 is 5.91 Å². The highest BCUT2D eigenvalue weighted by atomic mass is 19.1. The number of halogens is 1. The van der Waals surface area contributed by atoms with E-state index in [2.05, 4.69) is 0 Å². The zero-order chi connectivity index (χ0) is 10.6. The Hall–Kier alpha value is -1.62. The fourth-order valence-electron chi connectivity index (χ4n) is 1.06. The Morgan fingerprint density at radius 3 is 2.79 bits per heavy atom. The summed E-state index contributed by atoms with van der Waals surface area (Å²) in [5.41, 5.74) is 11.2. The van der Waals surface area contributed by atoms with Gasteiger partial charge in [0.25, 0.3) is 0 Å². The highest BCUT2D eigenvalue weighted by Gasteiger charge is 2.03. The minimum atomic E-state index is -0.498. The summed E-state index contributed by atoms with van der Waals surface area (Å²) >= 11 is 0. The third-order valence-corrected chi connectivity index (χ3v) is 1.84. The number of hydrogen-bond donors (Lipinski definition) is 2. The van der Waals surface area contributed by atoms with Crippen molar-refractivity contribution in [1.82, 2.24) is 4.57 Å². The minimum Gasteiger partial charge on any atom is -0.366 e. The Bertz CT molecular complexity index is 357. The van der Waals surface area contributed by atoms with E-state index in [1.807, 2.05) is 0 Å². The highest BCUT2D eigenvalue weighted by Crippen LogP contribution is 2.04. The maximum absolute atomic E-state index is 12.2. The van der Waals surface area contributed by atoms with Crippen molar-refractivity contribution in [1.29, 1.82) is 0 Å². The molecule has 0 fully saturated rings. The lowest BCUT2D eigenvalue weighted by atomic mass is 10.3. The van der Waals surface area contributed by atoms with E-state index in [9.17, 15) is 9.18 Å². The lowest BCUT2D eigenvalue weighted by molar-refractivity contribution is 0.100. The normalized spacial score (nSPS) is 11.7. The molecule has 5 heteroatoms. The number of nitrogens with two attached hydrogens (primary N) is 2. The third kappa shape index (κ3) is 2.43. The average molecular weight is 197 g/mol. The number of hydrogen-bond acceptors (Lipinski definition) is 2. The SMILES string of the molecule is NC/C(=C\F)Cn1ccc(C(N)=O)c1. The number of primary amides is 1. The van der Waals surface area contributed by atoms with Crippen LogP contribution in [0.4, 0.5) is 4.39 Å². The van der Waals surface area contributed by atoms with Gasteiger partial charge < -0.3 is 16.0 Å². The van der Waals surface area contributed by atoms with Crippen LogP contribution in [0, 0.1) is 0 Å². The molecule has 4 nitrogen and oxygen atoms in total. The Labute approximate surface area is 81.0 Å². The molecule has 4 N–H and O–H groups in total. The molecule has 0 bridgehead atoms. The van der Waals surface area contributed by atoms with Gasteiger partial charge in [-0.2, -0.15) is 0 Å². The summed E-state index contributed by atoms with van der Waals surface area (Å²) in [5, 5.41) is 0. The van der Waals surface area contributed by atoms with Crippen LogP contribution in [0.25, 0.3) is 0 Å². The molecule has 76 valence electrons. The second-order valence-corrected chi connectivity index (χ2v) is 2.91. The van der Waals surface area contributed by atoms with Crippen molar-refractivity contribution in [2.24, 2.45) is 11.5 Å². The summed E-state index contributed by atoms with van der Waals surface area (Å²) in [6, 6.07) is 1.58. The number of nitrogens with zero attached hydrogens (tertiary/aromatic N) is 1. The molecule has 1 aromatic heterocycles. The van der Waals surface area contributed by atoms with Crippen LogP contribution in [0.2, 0.25) is 0 Å². The van der Waals surface area contributed by atoms with E-state index >= 15 is 0 Å². The van der Waals surface area contributed by atoms with Crippen molar-refractivity contribution in [3.05, 3.63) is 35.9 Å². The van der Waals surface area contributed by atoms with Crippen molar-refractivity contribution in [3.63, 3.8) is 0 Å². The Morgan fingerprint density at radius 1 is 1.64 bits per heavy atom. The van der Waals surface area contributed by atoms with Crippen LogP contribution < -0.4 is 11.5 Å². The van der Waals surface area contributed by atoms with Gasteiger partial charge in [0.05, 0.1) is 11.9 Å². The maximum Gasteiger partial charge on any atom is 0.250 e. The van der Waals surface area contributed by atoms with Gasteiger partial charge in [-0.1, -0.05) is 0 Å². The van der Waals surface area contributed by atoms with Crippen molar-refractivity contribution in [3.8, 4) is 0 Å². The fourth-order valence-corrected chi connectivity index (χ4v) is 1.06. The first-order chi connectivity index (χ1) is 6.67. The van der Waals surface area contributed by atoms with Crippen LogP contribution in [0.1, 0.15) is 10.4 Å². The first-order valence-corrected chi connectivity index (χ1v) is 4.11. The standard InChI is InChI=1S/C9H12FN3O/c10-3-7(4-11)5-13-2-1-8(6-13)9(12)14/h1-3,6H,4-5,11H2,(H2,12,14)/b7-3+. The molecule has 14 heavy (non-hydrogen) atoms. The molecule has 0 atom stereocenters. The molecule has 0 radical (unpaired) electrons. The number of carbonyl (C=O) groups excluding carboxylic acids is 1. The van der Waals surface area contributed by atoms with E-state index in [-0.39, 0.29) is 6.54 Å². The van der Waals surface area contributed by atoms with Crippen LogP contribution in [0.3, 0.4) is 0 Å². The molecule has 1 rings (SSSR count). The molecule has 1 heterocycles. The molecule has 1 amide bonds. The van der Waals surface area contributed by atoms with Crippen LogP contribution in [-0.4, -0.2) is 17.0 Å². The molecule has 0 aliphatic carbocycles. The van der Waals surface area contributed by atoms with Gasteiger partial charge in [0, 0.05) is 25.5 Å². The van der Waals surface area contributed by atoms with E-state index in [1.54, 1.807) is 23.0 Å². The van der Waals surface area contributed by atoms with Gasteiger partial charge in [-0.25, -0.2) is 4.39 Å². The van der Waals surface area contributed by atoms with Crippen molar-refractivity contribution in [2.75, 3.05) is 6.54 Å². The van der Waals surface area contributed by atoms with Crippen molar-refractivity contribution in [2.45, 2.75) is 6.54 Å². The Kier molecular flexibility index (Phi) is 3.41. The predicted octanol–water partition coefficient (Wildman–Crippen LogP) is 0.399. The molecule has 0 saturated carbocycles. The topological polar surface area (TPSA) is 74.0 Å². The molecule has 0 spiro atoms. The number of amides is 1. The molecule has 0 unspecified atom stereocenters. The molecule has 0 aromatic carbocycles. The summed E-state index contributed by atoms with van der Waals surface area (Å²) in [7, 11) is 0. The summed E-state index contributed by atoms with van der Waals surface area (Å²) in [4.78, 5) is 10.7. The van der Waals surface area contributed by atoms with Crippen LogP contribution in [0.5, 0.6) is 0 Å². The minimum absolute atomic E-state index is 0.153. The molecular weight excluding hydrogens is 185 g/mol. The fraction of sp³-hybridized carbons (Fsp3) is 0.222. The molecule has 0 aliphatic rings. The monoisotopic (exact) mass is 197 g/mol. The smallest absolute Gasteiger partial charge is 0.250 e. The molecule has 1 aromatic rings. The largest absolute Gasteiger partial charge is 0.366 e. The van der Waals surface area contributed by atoms with Gasteiger partial charge in [-0.15, -0.1) is 0 Å². The lowest BCUT2D eigenvalue weighted by Gasteiger charge is -2.03. The predicted molar refractivity (Wildman–Crippen MR) is 51.2 cm³/mol. The summed E-state index contributed by atoms with van der Waals surface area (Å²) in [5.74, 6) is -0.498. The third-order valence-electron chi connectivity index (χ3n) is 1.84. The zero-order valence-electron chi connectivity index (χ0n) is 7.61. The van der Waals surface area contributed by atoms with Gasteiger partial charge in [-0.3, -0.25) is 4.79 Å².